The van der Waals surface area contributed by atoms with Gasteiger partial charge in [0.1, 0.15) is 0 Å². The lowest BCUT2D eigenvalue weighted by molar-refractivity contribution is 0.110. The van der Waals surface area contributed by atoms with Gasteiger partial charge in [0.2, 0.25) is 0 Å². The smallest absolute Gasteiger partial charge is 0.317 e. The molecular formula is C11H23N3O. The standard InChI is InChI=1S/C11H23N3O/c1-8(2)13-10(15)14-6-5-9(12)11(3,4)7-14/h8-9H,5-7,12H2,1-4H3,(H,13,15). The molecule has 1 unspecified atom stereocenters. The van der Waals surface area contributed by atoms with Gasteiger partial charge in [0.05, 0.1) is 0 Å². The zero-order valence-corrected chi connectivity index (χ0v) is 10.2. The monoisotopic (exact) mass is 213 g/mol. The Balaban J connectivity index is 2.55. The molecule has 15 heavy (non-hydrogen) atoms. The molecule has 0 saturated carbocycles. The van der Waals surface area contributed by atoms with E-state index in [2.05, 4.69) is 19.2 Å². The molecule has 0 aromatic carbocycles. The lowest BCUT2D eigenvalue weighted by atomic mass is 9.80. The van der Waals surface area contributed by atoms with Crippen molar-refractivity contribution >= 4 is 6.03 Å². The third-order valence-electron chi connectivity index (χ3n) is 3.01. The second kappa shape index (κ2) is 4.39. The summed E-state index contributed by atoms with van der Waals surface area (Å²) < 4.78 is 0. The number of nitrogens with two attached hydrogens (primary N) is 1. The van der Waals surface area contributed by atoms with Gasteiger partial charge >= 0.3 is 6.03 Å². The second-order valence-corrected chi connectivity index (χ2v) is 5.41. The summed E-state index contributed by atoms with van der Waals surface area (Å²) in [5.41, 5.74) is 6.04. The first-order valence-electron chi connectivity index (χ1n) is 5.64. The van der Waals surface area contributed by atoms with Crippen LogP contribution in [0.1, 0.15) is 34.1 Å². The van der Waals surface area contributed by atoms with E-state index in [0.717, 1.165) is 19.5 Å². The number of hydrogen-bond acceptors (Lipinski definition) is 2. The van der Waals surface area contributed by atoms with Gasteiger partial charge in [0, 0.05) is 25.2 Å². The molecule has 1 aliphatic rings. The highest BCUT2D eigenvalue weighted by Gasteiger charge is 2.35. The number of likely N-dealkylation sites (tertiary alicyclic amines) is 1. The van der Waals surface area contributed by atoms with Crippen LogP contribution in [-0.4, -0.2) is 36.1 Å². The Labute approximate surface area is 92.2 Å². The van der Waals surface area contributed by atoms with E-state index in [9.17, 15) is 4.79 Å². The maximum Gasteiger partial charge on any atom is 0.317 e. The normalized spacial score (nSPS) is 25.5. The average molecular weight is 213 g/mol. The highest BCUT2D eigenvalue weighted by Crippen LogP contribution is 2.27. The number of nitrogens with zero attached hydrogens (tertiary/aromatic N) is 1. The fourth-order valence-corrected chi connectivity index (χ4v) is 1.89. The van der Waals surface area contributed by atoms with Crippen molar-refractivity contribution in [3.8, 4) is 0 Å². The van der Waals surface area contributed by atoms with E-state index >= 15 is 0 Å². The van der Waals surface area contributed by atoms with Crippen molar-refractivity contribution in [2.75, 3.05) is 13.1 Å². The van der Waals surface area contributed by atoms with Crippen LogP contribution in [0.15, 0.2) is 0 Å². The van der Waals surface area contributed by atoms with Gasteiger partial charge in [-0.05, 0) is 25.7 Å². The molecule has 1 rings (SSSR count). The number of carbonyl (C=O) groups is 1. The molecule has 1 fully saturated rings. The minimum absolute atomic E-state index is 0.0204. The van der Waals surface area contributed by atoms with Crippen LogP contribution < -0.4 is 11.1 Å². The summed E-state index contributed by atoms with van der Waals surface area (Å²) in [6.07, 6.45) is 0.887. The zero-order valence-electron chi connectivity index (χ0n) is 10.2. The van der Waals surface area contributed by atoms with E-state index in [1.807, 2.05) is 18.7 Å². The van der Waals surface area contributed by atoms with Crippen LogP contribution in [-0.2, 0) is 0 Å². The van der Waals surface area contributed by atoms with E-state index in [4.69, 9.17) is 5.73 Å². The summed E-state index contributed by atoms with van der Waals surface area (Å²) in [6.45, 7) is 9.69. The third kappa shape index (κ3) is 3.09. The Hall–Kier alpha value is -0.770. The summed E-state index contributed by atoms with van der Waals surface area (Å²) in [5.74, 6) is 0. The molecule has 0 aliphatic carbocycles. The third-order valence-corrected chi connectivity index (χ3v) is 3.01. The highest BCUT2D eigenvalue weighted by atomic mass is 16.2. The van der Waals surface area contributed by atoms with E-state index in [0.29, 0.717) is 0 Å². The van der Waals surface area contributed by atoms with Gasteiger partial charge in [-0.15, -0.1) is 0 Å². The number of nitrogens with one attached hydrogen (secondary N) is 1. The minimum Gasteiger partial charge on any atom is -0.336 e. The number of rotatable bonds is 1. The molecule has 1 atom stereocenters. The summed E-state index contributed by atoms with van der Waals surface area (Å²) in [6, 6.07) is 0.418. The Morgan fingerprint density at radius 3 is 2.60 bits per heavy atom. The van der Waals surface area contributed by atoms with Crippen molar-refractivity contribution in [1.82, 2.24) is 10.2 Å². The Morgan fingerprint density at radius 1 is 1.53 bits per heavy atom. The van der Waals surface area contributed by atoms with E-state index in [-0.39, 0.29) is 23.5 Å². The molecule has 1 aliphatic heterocycles. The maximum absolute atomic E-state index is 11.8. The van der Waals surface area contributed by atoms with Crippen LogP contribution in [0.4, 0.5) is 4.79 Å². The fourth-order valence-electron chi connectivity index (χ4n) is 1.89. The van der Waals surface area contributed by atoms with Gasteiger partial charge in [0.25, 0.3) is 0 Å². The van der Waals surface area contributed by atoms with Crippen molar-refractivity contribution in [3.05, 3.63) is 0 Å². The van der Waals surface area contributed by atoms with Gasteiger partial charge in [-0.2, -0.15) is 0 Å². The average Bonchev–Trinajstić information content (AvgIpc) is 2.08. The van der Waals surface area contributed by atoms with Gasteiger partial charge in [-0.1, -0.05) is 13.8 Å². The topological polar surface area (TPSA) is 58.4 Å². The lowest BCUT2D eigenvalue weighted by Gasteiger charge is -2.42. The molecule has 0 bridgehead atoms. The summed E-state index contributed by atoms with van der Waals surface area (Å²) in [7, 11) is 0. The van der Waals surface area contributed by atoms with Crippen molar-refractivity contribution in [2.24, 2.45) is 11.1 Å². The molecule has 4 nitrogen and oxygen atoms in total. The van der Waals surface area contributed by atoms with Crippen molar-refractivity contribution in [3.63, 3.8) is 0 Å². The molecule has 3 N–H and O–H groups in total. The highest BCUT2D eigenvalue weighted by molar-refractivity contribution is 5.74. The van der Waals surface area contributed by atoms with Crippen LogP contribution in [0.25, 0.3) is 0 Å². The summed E-state index contributed by atoms with van der Waals surface area (Å²) in [5, 5.41) is 2.91. The molecule has 0 aromatic heterocycles. The minimum atomic E-state index is 0.0204. The number of hydrogen-bond donors (Lipinski definition) is 2. The van der Waals surface area contributed by atoms with Crippen molar-refractivity contribution in [2.45, 2.75) is 46.2 Å². The van der Waals surface area contributed by atoms with E-state index in [1.165, 1.54) is 0 Å². The van der Waals surface area contributed by atoms with E-state index < -0.39 is 0 Å². The van der Waals surface area contributed by atoms with Crippen molar-refractivity contribution < 1.29 is 4.79 Å². The lowest BCUT2D eigenvalue weighted by Crippen LogP contribution is -2.56. The SMILES string of the molecule is CC(C)NC(=O)N1CCC(N)C(C)(C)C1. The molecule has 0 radical (unpaired) electrons. The molecular weight excluding hydrogens is 190 g/mol. The molecule has 1 heterocycles. The largest absolute Gasteiger partial charge is 0.336 e. The van der Waals surface area contributed by atoms with E-state index in [1.54, 1.807) is 0 Å². The predicted molar refractivity (Wildman–Crippen MR) is 61.6 cm³/mol. The number of carbonyl (C=O) groups excluding carboxylic acids is 1. The molecule has 0 spiro atoms. The maximum atomic E-state index is 11.8. The Kier molecular flexibility index (Phi) is 3.60. The molecule has 1 saturated heterocycles. The van der Waals surface area contributed by atoms with Crippen LogP contribution in [0.2, 0.25) is 0 Å². The van der Waals surface area contributed by atoms with Crippen LogP contribution in [0.5, 0.6) is 0 Å². The van der Waals surface area contributed by atoms with Gasteiger partial charge in [-0.3, -0.25) is 0 Å². The van der Waals surface area contributed by atoms with Gasteiger partial charge < -0.3 is 16.0 Å². The zero-order chi connectivity index (χ0) is 11.6. The van der Waals surface area contributed by atoms with Crippen LogP contribution >= 0.6 is 0 Å². The fraction of sp³-hybridized carbons (Fsp3) is 0.909. The first kappa shape index (κ1) is 12.3. The molecule has 4 heteroatoms. The second-order valence-electron chi connectivity index (χ2n) is 5.41. The Bertz CT molecular complexity index is 238. The molecule has 2 amide bonds. The van der Waals surface area contributed by atoms with Crippen LogP contribution in [0, 0.1) is 5.41 Å². The molecule has 0 aromatic rings. The molecule has 88 valence electrons. The first-order chi connectivity index (χ1) is 6.83. The number of piperidine rings is 1. The summed E-state index contributed by atoms with van der Waals surface area (Å²) in [4.78, 5) is 13.6. The number of amides is 2. The first-order valence-corrected chi connectivity index (χ1v) is 5.64. The van der Waals surface area contributed by atoms with Gasteiger partial charge in [0.15, 0.2) is 0 Å². The summed E-state index contributed by atoms with van der Waals surface area (Å²) >= 11 is 0. The predicted octanol–water partition coefficient (Wildman–Crippen LogP) is 1.16. The van der Waals surface area contributed by atoms with Crippen LogP contribution in [0.3, 0.4) is 0 Å². The number of urea groups is 1. The quantitative estimate of drug-likeness (QED) is 0.687. The van der Waals surface area contributed by atoms with Gasteiger partial charge in [-0.25, -0.2) is 4.79 Å². The van der Waals surface area contributed by atoms with Crippen molar-refractivity contribution in [1.29, 1.82) is 0 Å². The Morgan fingerprint density at radius 2 is 2.13 bits per heavy atom.